The van der Waals surface area contributed by atoms with Crippen LogP contribution in [0, 0.1) is 0 Å². The van der Waals surface area contributed by atoms with Gasteiger partial charge < -0.3 is 9.26 Å². The van der Waals surface area contributed by atoms with E-state index in [-0.39, 0.29) is 0 Å². The Hall–Kier alpha value is -2.66. The molecule has 0 radical (unpaired) electrons. The maximum absolute atomic E-state index is 5.34. The average Bonchev–Trinajstić information content (AvgIpc) is 3.04. The van der Waals surface area contributed by atoms with Gasteiger partial charge in [0.05, 0.1) is 13.7 Å². The Balaban J connectivity index is 1.64. The Labute approximate surface area is 135 Å². The summed E-state index contributed by atoms with van der Waals surface area (Å²) in [7, 11) is 3.69. The molecule has 1 heterocycles. The normalized spacial score (nSPS) is 10.9. The average molecular weight is 309 g/mol. The fourth-order valence-electron chi connectivity index (χ4n) is 2.39. The van der Waals surface area contributed by atoms with Crippen molar-refractivity contribution in [2.24, 2.45) is 0 Å². The van der Waals surface area contributed by atoms with E-state index in [4.69, 9.17) is 9.26 Å². The Morgan fingerprint density at radius 1 is 1.04 bits per heavy atom. The van der Waals surface area contributed by atoms with Crippen molar-refractivity contribution in [1.82, 2.24) is 15.0 Å². The number of rotatable bonds is 6. The van der Waals surface area contributed by atoms with Crippen molar-refractivity contribution in [2.45, 2.75) is 13.1 Å². The fraction of sp³-hybridized carbons (Fsp3) is 0.222. The second-order valence-corrected chi connectivity index (χ2v) is 5.40. The molecule has 0 bridgehead atoms. The van der Waals surface area contributed by atoms with E-state index in [9.17, 15) is 0 Å². The lowest BCUT2D eigenvalue weighted by Crippen LogP contribution is -2.17. The number of hydrogen-bond acceptors (Lipinski definition) is 5. The van der Waals surface area contributed by atoms with Crippen molar-refractivity contribution >= 4 is 0 Å². The van der Waals surface area contributed by atoms with Gasteiger partial charge in [-0.05, 0) is 24.7 Å². The smallest absolute Gasteiger partial charge is 0.241 e. The zero-order valence-corrected chi connectivity index (χ0v) is 13.3. The number of methoxy groups -OCH3 is 1. The van der Waals surface area contributed by atoms with Crippen molar-refractivity contribution < 1.29 is 9.26 Å². The van der Waals surface area contributed by atoms with Gasteiger partial charge in [-0.1, -0.05) is 47.6 Å². The van der Waals surface area contributed by atoms with Crippen LogP contribution in [0.5, 0.6) is 5.75 Å². The van der Waals surface area contributed by atoms with E-state index < -0.39 is 0 Å². The highest BCUT2D eigenvalue weighted by Gasteiger charge is 2.11. The summed E-state index contributed by atoms with van der Waals surface area (Å²) in [5.74, 6) is 2.09. The highest BCUT2D eigenvalue weighted by atomic mass is 16.5. The number of benzene rings is 2. The predicted octanol–water partition coefficient (Wildman–Crippen LogP) is 3.38. The van der Waals surface area contributed by atoms with Crippen molar-refractivity contribution in [3.8, 4) is 17.1 Å². The molecule has 3 rings (SSSR count). The minimum Gasteiger partial charge on any atom is -0.497 e. The van der Waals surface area contributed by atoms with Crippen LogP contribution in [-0.4, -0.2) is 29.2 Å². The molecule has 1 aromatic heterocycles. The molecule has 0 aliphatic carbocycles. The van der Waals surface area contributed by atoms with Gasteiger partial charge in [0.15, 0.2) is 0 Å². The summed E-state index contributed by atoms with van der Waals surface area (Å²) < 4.78 is 10.6. The summed E-state index contributed by atoms with van der Waals surface area (Å²) in [6, 6.07) is 17.8. The molecule has 0 saturated carbocycles. The van der Waals surface area contributed by atoms with Crippen LogP contribution in [0.25, 0.3) is 11.4 Å². The first kappa shape index (κ1) is 15.2. The lowest BCUT2D eigenvalue weighted by atomic mass is 10.2. The molecule has 0 spiro atoms. The highest BCUT2D eigenvalue weighted by molar-refractivity contribution is 5.53. The van der Waals surface area contributed by atoms with E-state index in [0.29, 0.717) is 18.3 Å². The van der Waals surface area contributed by atoms with Gasteiger partial charge in [-0.25, -0.2) is 0 Å². The first-order chi connectivity index (χ1) is 11.2. The third kappa shape index (κ3) is 3.96. The molecule has 118 valence electrons. The molecular weight excluding hydrogens is 290 g/mol. The summed E-state index contributed by atoms with van der Waals surface area (Å²) in [4.78, 5) is 6.57. The molecule has 2 aromatic carbocycles. The lowest BCUT2D eigenvalue weighted by molar-refractivity contribution is 0.260. The van der Waals surface area contributed by atoms with Gasteiger partial charge in [-0.3, -0.25) is 4.90 Å². The maximum Gasteiger partial charge on any atom is 0.241 e. The highest BCUT2D eigenvalue weighted by Crippen LogP contribution is 2.17. The third-order valence-electron chi connectivity index (χ3n) is 3.49. The maximum atomic E-state index is 5.34. The molecule has 5 nitrogen and oxygen atoms in total. The summed E-state index contributed by atoms with van der Waals surface area (Å²) in [5, 5.41) is 4.04. The van der Waals surface area contributed by atoms with E-state index in [1.807, 2.05) is 55.6 Å². The molecule has 0 aliphatic rings. The minimum absolute atomic E-state index is 0.594. The molecule has 5 heteroatoms. The molecule has 3 aromatic rings. The third-order valence-corrected chi connectivity index (χ3v) is 3.49. The molecule has 0 N–H and O–H groups in total. The quantitative estimate of drug-likeness (QED) is 0.698. The van der Waals surface area contributed by atoms with Gasteiger partial charge in [0, 0.05) is 12.1 Å². The lowest BCUT2D eigenvalue weighted by Gasteiger charge is -2.14. The molecule has 0 amide bonds. The van der Waals surface area contributed by atoms with Crippen LogP contribution in [0.1, 0.15) is 11.5 Å². The number of nitrogens with zero attached hydrogens (tertiary/aromatic N) is 3. The van der Waals surface area contributed by atoms with Crippen LogP contribution < -0.4 is 4.74 Å². The van der Waals surface area contributed by atoms with Gasteiger partial charge in [0.25, 0.3) is 0 Å². The fourth-order valence-corrected chi connectivity index (χ4v) is 2.39. The zero-order chi connectivity index (χ0) is 16.1. The Bertz CT molecular complexity index is 756. The zero-order valence-electron chi connectivity index (χ0n) is 13.3. The second-order valence-electron chi connectivity index (χ2n) is 5.40. The van der Waals surface area contributed by atoms with E-state index in [1.54, 1.807) is 7.11 Å². The van der Waals surface area contributed by atoms with Crippen molar-refractivity contribution in [1.29, 1.82) is 0 Å². The van der Waals surface area contributed by atoms with Gasteiger partial charge in [-0.15, -0.1) is 0 Å². The monoisotopic (exact) mass is 309 g/mol. The first-order valence-corrected chi connectivity index (χ1v) is 7.44. The Morgan fingerprint density at radius 2 is 1.87 bits per heavy atom. The topological polar surface area (TPSA) is 51.4 Å². The summed E-state index contributed by atoms with van der Waals surface area (Å²) in [6.07, 6.45) is 0. The van der Waals surface area contributed by atoms with Crippen LogP contribution in [0.2, 0.25) is 0 Å². The van der Waals surface area contributed by atoms with Crippen LogP contribution >= 0.6 is 0 Å². The molecule has 23 heavy (non-hydrogen) atoms. The standard InChI is InChI=1S/C18H19N3O2/c1-21(12-14-7-6-10-16(11-14)22-2)13-17-19-18(20-23-17)15-8-4-3-5-9-15/h3-11H,12-13H2,1-2H3. The molecule has 0 unspecified atom stereocenters. The van der Waals surface area contributed by atoms with Gasteiger partial charge in [0.1, 0.15) is 5.75 Å². The predicted molar refractivity (Wildman–Crippen MR) is 87.9 cm³/mol. The molecule has 0 atom stereocenters. The summed E-state index contributed by atoms with van der Waals surface area (Å²) in [5.41, 5.74) is 2.13. The molecule has 0 saturated heterocycles. The van der Waals surface area contributed by atoms with Gasteiger partial charge >= 0.3 is 0 Å². The molecule has 0 fully saturated rings. The minimum atomic E-state index is 0.594. The first-order valence-electron chi connectivity index (χ1n) is 7.44. The molecular formula is C18H19N3O2. The Kier molecular flexibility index (Phi) is 4.68. The summed E-state index contributed by atoms with van der Waals surface area (Å²) in [6.45, 7) is 1.37. The van der Waals surface area contributed by atoms with Crippen LogP contribution in [0.4, 0.5) is 0 Å². The van der Waals surface area contributed by atoms with E-state index in [0.717, 1.165) is 17.9 Å². The van der Waals surface area contributed by atoms with E-state index in [2.05, 4.69) is 21.1 Å². The second kappa shape index (κ2) is 7.07. The summed E-state index contributed by atoms with van der Waals surface area (Å²) >= 11 is 0. The number of hydrogen-bond donors (Lipinski definition) is 0. The van der Waals surface area contributed by atoms with Crippen LogP contribution in [-0.2, 0) is 13.1 Å². The van der Waals surface area contributed by atoms with Gasteiger partial charge in [-0.2, -0.15) is 4.98 Å². The Morgan fingerprint density at radius 3 is 2.65 bits per heavy atom. The SMILES string of the molecule is COc1cccc(CN(C)Cc2nc(-c3ccccc3)no2)c1. The van der Waals surface area contributed by atoms with E-state index >= 15 is 0 Å². The number of ether oxygens (including phenoxy) is 1. The van der Waals surface area contributed by atoms with E-state index in [1.165, 1.54) is 5.56 Å². The van der Waals surface area contributed by atoms with Crippen LogP contribution in [0.15, 0.2) is 59.1 Å². The van der Waals surface area contributed by atoms with Crippen molar-refractivity contribution in [2.75, 3.05) is 14.2 Å². The van der Waals surface area contributed by atoms with Gasteiger partial charge in [0.2, 0.25) is 11.7 Å². The van der Waals surface area contributed by atoms with Crippen molar-refractivity contribution in [3.05, 3.63) is 66.1 Å². The number of aromatic nitrogens is 2. The van der Waals surface area contributed by atoms with Crippen molar-refractivity contribution in [3.63, 3.8) is 0 Å². The largest absolute Gasteiger partial charge is 0.497 e. The molecule has 0 aliphatic heterocycles. The van der Waals surface area contributed by atoms with Crippen LogP contribution in [0.3, 0.4) is 0 Å².